The van der Waals surface area contributed by atoms with Crippen LogP contribution in [0.25, 0.3) is 0 Å². The number of unbranched alkanes of at least 4 members (excludes halogenated alkanes) is 9. The van der Waals surface area contributed by atoms with Gasteiger partial charge in [-0.25, -0.2) is 0 Å². The van der Waals surface area contributed by atoms with Gasteiger partial charge in [-0.1, -0.05) is 95.0 Å². The third-order valence-corrected chi connectivity index (χ3v) is 5.99. The van der Waals surface area contributed by atoms with Gasteiger partial charge in [-0.3, -0.25) is 0 Å². The van der Waals surface area contributed by atoms with Crippen LogP contribution in [-0.4, -0.2) is 85.9 Å². The van der Waals surface area contributed by atoms with E-state index in [-0.39, 0.29) is 0 Å². The number of ether oxygens (including phenoxy) is 7. The molecule has 0 unspecified atom stereocenters. The van der Waals surface area contributed by atoms with Crippen LogP contribution >= 0.6 is 0 Å². The molecule has 7 nitrogen and oxygen atoms in total. The van der Waals surface area contributed by atoms with Crippen LogP contribution in [0.1, 0.15) is 76.7 Å². The van der Waals surface area contributed by atoms with Crippen molar-refractivity contribution in [3.8, 4) is 0 Å². The molecule has 0 aromatic heterocycles. The smallest absolute Gasteiger partial charge is 0.0718 e. The summed E-state index contributed by atoms with van der Waals surface area (Å²) in [6.45, 7) is 10.7. The summed E-state index contributed by atoms with van der Waals surface area (Å²) >= 11 is 0. The second kappa shape index (κ2) is 30.5. The Morgan fingerprint density at radius 2 is 0.711 bits per heavy atom. The van der Waals surface area contributed by atoms with Crippen molar-refractivity contribution in [2.24, 2.45) is 0 Å². The van der Waals surface area contributed by atoms with E-state index in [0.717, 1.165) is 13.0 Å². The van der Waals surface area contributed by atoms with E-state index in [1.54, 1.807) is 0 Å². The fraction of sp³-hybridized carbons (Fsp3) is 0.806. The van der Waals surface area contributed by atoms with Crippen molar-refractivity contribution in [2.75, 3.05) is 85.9 Å². The summed E-state index contributed by atoms with van der Waals surface area (Å²) in [4.78, 5) is 0. The largest absolute Gasteiger partial charge is 0.379 e. The Labute approximate surface area is 232 Å². The molecular formula is C31H56O7. The van der Waals surface area contributed by atoms with E-state index in [4.69, 9.17) is 33.2 Å². The first kappa shape index (κ1) is 35.0. The molecule has 0 fully saturated rings. The molecule has 0 atom stereocenters. The summed E-state index contributed by atoms with van der Waals surface area (Å²) in [5.74, 6) is 0. The van der Waals surface area contributed by atoms with E-state index >= 15 is 0 Å². The maximum absolute atomic E-state index is 5.64. The lowest BCUT2D eigenvalue weighted by molar-refractivity contribution is -0.0212. The SMILES string of the molecule is CCCCCCCCCCCCOCCOCCOCCOCCOCCOCCOCc1ccccc1. The third-order valence-electron chi connectivity index (χ3n) is 5.99. The van der Waals surface area contributed by atoms with Crippen molar-refractivity contribution in [1.82, 2.24) is 0 Å². The lowest BCUT2D eigenvalue weighted by Crippen LogP contribution is -2.14. The molecule has 0 bridgehead atoms. The van der Waals surface area contributed by atoms with Crippen LogP contribution in [0.2, 0.25) is 0 Å². The summed E-state index contributed by atoms with van der Waals surface area (Å²) in [6.07, 6.45) is 13.5. The highest BCUT2D eigenvalue weighted by Gasteiger charge is 1.96. The van der Waals surface area contributed by atoms with Crippen LogP contribution in [0.4, 0.5) is 0 Å². The molecule has 0 N–H and O–H groups in total. The lowest BCUT2D eigenvalue weighted by Gasteiger charge is -2.08. The van der Waals surface area contributed by atoms with E-state index in [0.29, 0.717) is 85.9 Å². The standard InChI is InChI=1S/C31H56O7/c1-2-3-4-5-6-7-8-9-10-14-17-32-18-19-33-20-21-34-22-23-35-24-25-36-26-27-37-28-29-38-30-31-15-12-11-13-16-31/h11-13,15-16H,2-10,14,17-30H2,1H3. The molecule has 0 heterocycles. The van der Waals surface area contributed by atoms with Crippen molar-refractivity contribution in [1.29, 1.82) is 0 Å². The molecule has 0 aliphatic heterocycles. The first-order valence-corrected chi connectivity index (χ1v) is 15.0. The van der Waals surface area contributed by atoms with Crippen molar-refractivity contribution in [3.63, 3.8) is 0 Å². The summed E-state index contributed by atoms with van der Waals surface area (Å²) in [6, 6.07) is 10.1. The minimum Gasteiger partial charge on any atom is -0.379 e. The molecule has 0 aliphatic rings. The van der Waals surface area contributed by atoms with E-state index < -0.39 is 0 Å². The number of rotatable bonds is 31. The Morgan fingerprint density at radius 3 is 1.13 bits per heavy atom. The van der Waals surface area contributed by atoms with Gasteiger partial charge in [0.2, 0.25) is 0 Å². The molecule has 0 saturated carbocycles. The summed E-state index contributed by atoms with van der Waals surface area (Å²) in [5, 5.41) is 0. The fourth-order valence-electron chi connectivity index (χ4n) is 3.78. The lowest BCUT2D eigenvalue weighted by atomic mass is 10.1. The number of hydrogen-bond donors (Lipinski definition) is 0. The van der Waals surface area contributed by atoms with Gasteiger partial charge in [-0.05, 0) is 12.0 Å². The Bertz CT molecular complexity index is 558. The third kappa shape index (κ3) is 26.5. The predicted molar refractivity (Wildman–Crippen MR) is 153 cm³/mol. The molecular weight excluding hydrogens is 484 g/mol. The van der Waals surface area contributed by atoms with Crippen LogP contribution in [0.3, 0.4) is 0 Å². The second-order valence-corrected chi connectivity index (χ2v) is 9.39. The molecule has 1 rings (SSSR count). The van der Waals surface area contributed by atoms with Crippen LogP contribution in [0, 0.1) is 0 Å². The fourth-order valence-corrected chi connectivity index (χ4v) is 3.78. The van der Waals surface area contributed by atoms with Crippen molar-refractivity contribution < 1.29 is 33.2 Å². The van der Waals surface area contributed by atoms with Gasteiger partial charge in [0.1, 0.15) is 0 Å². The van der Waals surface area contributed by atoms with Gasteiger partial charge in [-0.15, -0.1) is 0 Å². The van der Waals surface area contributed by atoms with Gasteiger partial charge < -0.3 is 33.2 Å². The minimum absolute atomic E-state index is 0.552. The molecule has 222 valence electrons. The molecule has 7 heteroatoms. The van der Waals surface area contributed by atoms with Crippen molar-refractivity contribution in [2.45, 2.75) is 77.7 Å². The van der Waals surface area contributed by atoms with E-state index in [1.165, 1.54) is 63.4 Å². The summed E-state index contributed by atoms with van der Waals surface area (Å²) < 4.78 is 38.7. The highest BCUT2D eigenvalue weighted by atomic mass is 16.6. The normalized spacial score (nSPS) is 11.4. The molecule has 1 aromatic carbocycles. The zero-order valence-electron chi connectivity index (χ0n) is 24.2. The van der Waals surface area contributed by atoms with E-state index in [9.17, 15) is 0 Å². The molecule has 38 heavy (non-hydrogen) atoms. The van der Waals surface area contributed by atoms with Crippen LogP contribution in [0.5, 0.6) is 0 Å². The molecule has 0 amide bonds. The van der Waals surface area contributed by atoms with Crippen LogP contribution < -0.4 is 0 Å². The van der Waals surface area contributed by atoms with Crippen LogP contribution in [0.15, 0.2) is 30.3 Å². The van der Waals surface area contributed by atoms with Gasteiger partial charge in [-0.2, -0.15) is 0 Å². The topological polar surface area (TPSA) is 64.6 Å². The minimum atomic E-state index is 0.552. The average molecular weight is 541 g/mol. The maximum Gasteiger partial charge on any atom is 0.0718 e. The Balaban J connectivity index is 1.62. The number of hydrogen-bond acceptors (Lipinski definition) is 7. The van der Waals surface area contributed by atoms with Crippen LogP contribution in [-0.2, 0) is 39.8 Å². The Kier molecular flexibility index (Phi) is 28.0. The molecule has 0 aliphatic carbocycles. The summed E-state index contributed by atoms with van der Waals surface area (Å²) in [7, 11) is 0. The van der Waals surface area contributed by atoms with E-state index in [1.807, 2.05) is 18.2 Å². The average Bonchev–Trinajstić information content (AvgIpc) is 2.94. The molecule has 0 radical (unpaired) electrons. The van der Waals surface area contributed by atoms with Gasteiger partial charge in [0.25, 0.3) is 0 Å². The highest BCUT2D eigenvalue weighted by molar-refractivity contribution is 5.13. The Morgan fingerprint density at radius 1 is 0.368 bits per heavy atom. The maximum atomic E-state index is 5.64. The molecule has 0 saturated heterocycles. The predicted octanol–water partition coefficient (Wildman–Crippen LogP) is 6.22. The number of benzene rings is 1. The van der Waals surface area contributed by atoms with Crippen molar-refractivity contribution >= 4 is 0 Å². The van der Waals surface area contributed by atoms with Gasteiger partial charge in [0, 0.05) is 6.61 Å². The van der Waals surface area contributed by atoms with Gasteiger partial charge in [0.15, 0.2) is 0 Å². The van der Waals surface area contributed by atoms with E-state index in [2.05, 4.69) is 19.1 Å². The van der Waals surface area contributed by atoms with Gasteiger partial charge >= 0.3 is 0 Å². The second-order valence-electron chi connectivity index (χ2n) is 9.39. The van der Waals surface area contributed by atoms with Crippen molar-refractivity contribution in [3.05, 3.63) is 35.9 Å². The van der Waals surface area contributed by atoms with Gasteiger partial charge in [0.05, 0.1) is 85.9 Å². The quantitative estimate of drug-likeness (QED) is 0.104. The zero-order valence-corrected chi connectivity index (χ0v) is 24.2. The first-order valence-electron chi connectivity index (χ1n) is 15.0. The highest BCUT2D eigenvalue weighted by Crippen LogP contribution is 2.10. The zero-order chi connectivity index (χ0) is 27.0. The monoisotopic (exact) mass is 540 g/mol. The molecule has 0 spiro atoms. The molecule has 1 aromatic rings. The summed E-state index contributed by atoms with van der Waals surface area (Å²) in [5.41, 5.74) is 1.17. The first-order chi connectivity index (χ1) is 18.9. The Hall–Kier alpha value is -1.06.